The van der Waals surface area contributed by atoms with Gasteiger partial charge >= 0.3 is 23.1 Å². The second-order valence-corrected chi connectivity index (χ2v) is 2.37. The molecule has 3 heteroatoms. The van der Waals surface area contributed by atoms with Crippen LogP contribution in [-0.4, -0.2) is 23.1 Å². The number of hydrogen-bond donors (Lipinski definition) is 0. The summed E-state index contributed by atoms with van der Waals surface area (Å²) in [6.45, 7) is 0. The Morgan fingerprint density at radius 3 is 2.46 bits per heavy atom. The fourth-order valence-corrected chi connectivity index (χ4v) is 1.11. The number of rotatable bonds is 0. The number of benzene rings is 2. The van der Waals surface area contributed by atoms with E-state index in [1.807, 2.05) is 18.2 Å². The Kier molecular flexibility index (Phi) is 5.52. The van der Waals surface area contributed by atoms with Gasteiger partial charge in [-0.1, -0.05) is 17.5 Å². The largest absolute Gasteiger partial charge is 2.00 e. The molecular formula is C10H6BrFMg. The van der Waals surface area contributed by atoms with Crippen molar-refractivity contribution in [2.45, 2.75) is 0 Å². The second-order valence-electron chi connectivity index (χ2n) is 2.37. The first-order valence-electron chi connectivity index (χ1n) is 3.43. The molecule has 0 aliphatic carbocycles. The van der Waals surface area contributed by atoms with E-state index in [0.29, 0.717) is 5.39 Å². The summed E-state index contributed by atoms with van der Waals surface area (Å²) in [5.74, 6) is -0.181. The summed E-state index contributed by atoms with van der Waals surface area (Å²) in [7, 11) is 0. The summed E-state index contributed by atoms with van der Waals surface area (Å²) in [5.41, 5.74) is 0. The van der Waals surface area contributed by atoms with E-state index in [4.69, 9.17) is 0 Å². The molecule has 0 heterocycles. The summed E-state index contributed by atoms with van der Waals surface area (Å²) in [6, 6.07) is 13.3. The molecule has 0 bridgehead atoms. The van der Waals surface area contributed by atoms with E-state index in [9.17, 15) is 4.39 Å². The van der Waals surface area contributed by atoms with Gasteiger partial charge in [0.15, 0.2) is 0 Å². The summed E-state index contributed by atoms with van der Waals surface area (Å²) in [4.78, 5) is 0. The second kappa shape index (κ2) is 5.57. The Morgan fingerprint density at radius 1 is 1.08 bits per heavy atom. The van der Waals surface area contributed by atoms with Gasteiger partial charge < -0.3 is 17.0 Å². The maximum atomic E-state index is 13.0. The summed E-state index contributed by atoms with van der Waals surface area (Å²) >= 11 is 0. The molecule has 0 fully saturated rings. The Balaban J connectivity index is 0.000000720. The predicted octanol–water partition coefficient (Wildman–Crippen LogP) is -0.598. The first-order valence-corrected chi connectivity index (χ1v) is 3.43. The monoisotopic (exact) mass is 248 g/mol. The van der Waals surface area contributed by atoms with Crippen LogP contribution in [0.3, 0.4) is 0 Å². The van der Waals surface area contributed by atoms with Crippen LogP contribution in [0.5, 0.6) is 0 Å². The zero-order valence-electron chi connectivity index (χ0n) is 6.93. The fraction of sp³-hybridized carbons (Fsp3) is 0. The maximum Gasteiger partial charge on any atom is 2.00 e. The molecule has 0 saturated heterocycles. The molecular weight excluding hydrogens is 243 g/mol. The SMILES string of the molecule is Fc1cc[c-]c2ccccc12.[Br-].[Mg+2]. The molecule has 0 radical (unpaired) electrons. The van der Waals surface area contributed by atoms with E-state index in [2.05, 4.69) is 6.07 Å². The molecule has 0 saturated carbocycles. The molecule has 0 aromatic heterocycles. The first kappa shape index (κ1) is 12.9. The van der Waals surface area contributed by atoms with Crippen LogP contribution in [0.15, 0.2) is 36.4 Å². The average Bonchev–Trinajstić information content (AvgIpc) is 2.06. The quantitative estimate of drug-likeness (QED) is 0.432. The van der Waals surface area contributed by atoms with Crippen LogP contribution in [-0.2, 0) is 0 Å². The van der Waals surface area contributed by atoms with E-state index >= 15 is 0 Å². The van der Waals surface area contributed by atoms with Crippen LogP contribution >= 0.6 is 0 Å². The Morgan fingerprint density at radius 2 is 1.77 bits per heavy atom. The third kappa shape index (κ3) is 2.66. The number of halogens is 2. The van der Waals surface area contributed by atoms with Gasteiger partial charge in [0.05, 0.1) is 0 Å². The van der Waals surface area contributed by atoms with Crippen LogP contribution in [0.4, 0.5) is 4.39 Å². The van der Waals surface area contributed by atoms with Gasteiger partial charge in [-0.25, -0.2) is 4.39 Å². The van der Waals surface area contributed by atoms with Crippen LogP contribution in [0.1, 0.15) is 0 Å². The van der Waals surface area contributed by atoms with Gasteiger partial charge in [0, 0.05) is 5.82 Å². The molecule has 0 N–H and O–H groups in total. The van der Waals surface area contributed by atoms with Gasteiger partial charge in [-0.2, -0.15) is 0 Å². The third-order valence-electron chi connectivity index (χ3n) is 1.65. The van der Waals surface area contributed by atoms with Crippen LogP contribution in [0, 0.1) is 11.9 Å². The van der Waals surface area contributed by atoms with Gasteiger partial charge in [-0.05, 0) is 0 Å². The average molecular weight is 249 g/mol. The van der Waals surface area contributed by atoms with Crippen molar-refractivity contribution in [1.82, 2.24) is 0 Å². The van der Waals surface area contributed by atoms with Crippen molar-refractivity contribution in [3.63, 3.8) is 0 Å². The molecule has 0 aliphatic heterocycles. The van der Waals surface area contributed by atoms with Crippen molar-refractivity contribution in [2.75, 3.05) is 0 Å². The van der Waals surface area contributed by atoms with Gasteiger partial charge in [-0.15, -0.1) is 35.7 Å². The molecule has 62 valence electrons. The molecule has 13 heavy (non-hydrogen) atoms. The molecule has 0 atom stereocenters. The number of hydrogen-bond acceptors (Lipinski definition) is 0. The Bertz CT molecular complexity index is 384. The zero-order chi connectivity index (χ0) is 7.68. The fourth-order valence-electron chi connectivity index (χ4n) is 1.11. The van der Waals surface area contributed by atoms with Crippen molar-refractivity contribution in [1.29, 1.82) is 0 Å². The molecule has 0 spiro atoms. The minimum absolute atomic E-state index is 0. The minimum atomic E-state index is -0.181. The summed E-state index contributed by atoms with van der Waals surface area (Å²) in [5, 5.41) is 1.46. The van der Waals surface area contributed by atoms with Crippen LogP contribution in [0.2, 0.25) is 0 Å². The maximum absolute atomic E-state index is 13.0. The summed E-state index contributed by atoms with van der Waals surface area (Å²) < 4.78 is 13.0. The summed E-state index contributed by atoms with van der Waals surface area (Å²) in [6.07, 6.45) is 0. The van der Waals surface area contributed by atoms with Crippen molar-refractivity contribution in [2.24, 2.45) is 0 Å². The third-order valence-corrected chi connectivity index (χ3v) is 1.65. The molecule has 2 rings (SSSR count). The first-order chi connectivity index (χ1) is 5.38. The molecule has 0 nitrogen and oxygen atoms in total. The van der Waals surface area contributed by atoms with Gasteiger partial charge in [0.1, 0.15) is 0 Å². The van der Waals surface area contributed by atoms with E-state index in [1.54, 1.807) is 12.1 Å². The number of fused-ring (bicyclic) bond motifs is 1. The van der Waals surface area contributed by atoms with Crippen molar-refractivity contribution < 1.29 is 21.4 Å². The standard InChI is InChI=1S/C10H6F.BrH.Mg/c11-10-7-3-5-8-4-1-2-6-9(8)10;;/h1-4,6-7H;1H;/q-1;;+2/p-1. The van der Waals surface area contributed by atoms with Crippen molar-refractivity contribution in [3.8, 4) is 0 Å². The van der Waals surface area contributed by atoms with Crippen molar-refractivity contribution >= 4 is 33.8 Å². The molecule has 0 unspecified atom stereocenters. The minimum Gasteiger partial charge on any atom is -1.00 e. The smallest absolute Gasteiger partial charge is 1.00 e. The van der Waals surface area contributed by atoms with Crippen molar-refractivity contribution in [3.05, 3.63) is 48.3 Å². The van der Waals surface area contributed by atoms with Gasteiger partial charge in [-0.3, -0.25) is 0 Å². The Labute approximate surface area is 103 Å². The molecule has 0 amide bonds. The topological polar surface area (TPSA) is 0 Å². The van der Waals surface area contributed by atoms with Gasteiger partial charge in [0.2, 0.25) is 0 Å². The molecule has 2 aromatic carbocycles. The van der Waals surface area contributed by atoms with E-state index in [1.165, 1.54) is 6.07 Å². The van der Waals surface area contributed by atoms with Crippen LogP contribution < -0.4 is 17.0 Å². The molecule has 0 aliphatic rings. The predicted molar refractivity (Wildman–Crippen MR) is 48.5 cm³/mol. The zero-order valence-corrected chi connectivity index (χ0v) is 9.93. The van der Waals surface area contributed by atoms with Crippen LogP contribution in [0.25, 0.3) is 10.8 Å². The molecule has 2 aromatic rings. The Hall–Kier alpha value is -0.124. The van der Waals surface area contributed by atoms with E-state index < -0.39 is 0 Å². The van der Waals surface area contributed by atoms with E-state index in [-0.39, 0.29) is 45.9 Å². The normalized spacial score (nSPS) is 8.69. The van der Waals surface area contributed by atoms with Gasteiger partial charge in [0.25, 0.3) is 0 Å². The van der Waals surface area contributed by atoms with E-state index in [0.717, 1.165) is 5.39 Å².